The molecule has 0 amide bonds. The van der Waals surface area contributed by atoms with Gasteiger partial charge in [-0.1, -0.05) is 0 Å². The summed E-state index contributed by atoms with van der Waals surface area (Å²) in [5, 5.41) is 5.20. The molecule has 0 aliphatic carbocycles. The van der Waals surface area contributed by atoms with Gasteiger partial charge in [0.25, 0.3) is 0 Å². The van der Waals surface area contributed by atoms with Crippen LogP contribution in [-0.2, 0) is 19.5 Å². The van der Waals surface area contributed by atoms with Gasteiger partial charge in [-0.25, -0.2) is 13.6 Å². The third-order valence-corrected chi connectivity index (χ3v) is 7.24. The van der Waals surface area contributed by atoms with Crippen LogP contribution in [0.4, 0.5) is 0 Å². The van der Waals surface area contributed by atoms with Crippen LogP contribution in [0.3, 0.4) is 0 Å². The fourth-order valence-corrected chi connectivity index (χ4v) is 5.35. The van der Waals surface area contributed by atoms with Crippen LogP contribution in [0.5, 0.6) is 0 Å². The molecule has 0 radical (unpaired) electrons. The van der Waals surface area contributed by atoms with Crippen molar-refractivity contribution < 1.29 is 17.9 Å². The molecule has 0 spiro atoms. The van der Waals surface area contributed by atoms with Crippen molar-refractivity contribution in [2.75, 3.05) is 53.6 Å². The molecule has 0 bridgehead atoms. The Hall–Kier alpha value is -0.620. The third-order valence-electron chi connectivity index (χ3n) is 3.46. The largest absolute Gasteiger partial charge is 0.383 e. The third kappa shape index (κ3) is 5.73. The molecule has 0 unspecified atom stereocenters. The van der Waals surface area contributed by atoms with E-state index in [1.807, 2.05) is 12.3 Å². The highest BCUT2D eigenvalue weighted by Crippen LogP contribution is 2.39. The van der Waals surface area contributed by atoms with Crippen LogP contribution in [0.1, 0.15) is 5.56 Å². The zero-order valence-electron chi connectivity index (χ0n) is 13.8. The van der Waals surface area contributed by atoms with E-state index < -0.39 is 10.0 Å². The lowest BCUT2D eigenvalue weighted by Crippen LogP contribution is -2.35. The fourth-order valence-electron chi connectivity index (χ4n) is 2.13. The smallest absolute Gasteiger partial charge is 0.247 e. The molecule has 0 saturated carbocycles. The van der Waals surface area contributed by atoms with Crippen LogP contribution >= 0.6 is 23.3 Å². The van der Waals surface area contributed by atoms with E-state index in [1.54, 1.807) is 20.3 Å². The Morgan fingerprint density at radius 2 is 1.88 bits per heavy atom. The Morgan fingerprint density at radius 3 is 2.46 bits per heavy atom. The predicted octanol–water partition coefficient (Wildman–Crippen LogP) is 1.28. The van der Waals surface area contributed by atoms with Crippen molar-refractivity contribution in [3.63, 3.8) is 0 Å². The number of rotatable bonds is 10. The molecule has 1 aromatic rings. The predicted molar refractivity (Wildman–Crippen MR) is 97.5 cm³/mol. The van der Waals surface area contributed by atoms with Crippen molar-refractivity contribution >= 4 is 39.4 Å². The molecule has 0 aromatic carbocycles. The normalized spacial score (nSPS) is 14.4. The van der Waals surface area contributed by atoms with Crippen LogP contribution in [-0.4, -0.2) is 71.2 Å². The molecule has 10 heteroatoms. The first-order chi connectivity index (χ1) is 11.4. The summed E-state index contributed by atoms with van der Waals surface area (Å²) in [6, 6.07) is 1.62. The van der Waals surface area contributed by atoms with Crippen LogP contribution in [0, 0.1) is 0 Å². The molecule has 0 atom stereocenters. The Kier molecular flexibility index (Phi) is 7.54. The van der Waals surface area contributed by atoms with Crippen LogP contribution in [0.25, 0.3) is 6.08 Å². The first-order valence-corrected chi connectivity index (χ1v) is 10.6. The summed E-state index contributed by atoms with van der Waals surface area (Å²) in [5.74, 6) is 0. The number of nitrogens with two attached hydrogens (primary N) is 1. The van der Waals surface area contributed by atoms with E-state index >= 15 is 0 Å². The maximum atomic E-state index is 11.5. The highest BCUT2D eigenvalue weighted by atomic mass is 32.3. The lowest BCUT2D eigenvalue weighted by Gasteiger charge is -2.27. The number of methoxy groups -OCH3 is 2. The van der Waals surface area contributed by atoms with Gasteiger partial charge in [0, 0.05) is 52.2 Å². The standard InChI is InChI=1S/C14H23N3O4S3/c1-20-9-7-16(8-10-21-2)5-6-17-4-3-12-11-13(24(15,18)19)22-14(12)23-17/h3-4,11H,5-10H2,1-2H3,(H2,15,18,19). The van der Waals surface area contributed by atoms with Crippen molar-refractivity contribution in [3.8, 4) is 0 Å². The molecule has 1 aliphatic rings. The quantitative estimate of drug-likeness (QED) is 0.600. The van der Waals surface area contributed by atoms with Gasteiger partial charge in [-0.2, -0.15) is 0 Å². The summed E-state index contributed by atoms with van der Waals surface area (Å²) in [6.07, 6.45) is 3.89. The molecule has 2 rings (SSSR count). The molecule has 0 fully saturated rings. The average Bonchev–Trinajstić information content (AvgIpc) is 2.97. The van der Waals surface area contributed by atoms with Gasteiger partial charge in [0.15, 0.2) is 0 Å². The second kappa shape index (κ2) is 9.18. The minimum atomic E-state index is -3.64. The number of sulfonamides is 1. The van der Waals surface area contributed by atoms with Gasteiger partial charge in [0.05, 0.1) is 17.4 Å². The van der Waals surface area contributed by atoms with Gasteiger partial charge in [-0.05, 0) is 24.1 Å². The van der Waals surface area contributed by atoms with E-state index in [4.69, 9.17) is 14.6 Å². The summed E-state index contributed by atoms with van der Waals surface area (Å²) < 4.78 is 36.4. The first kappa shape index (κ1) is 19.7. The van der Waals surface area contributed by atoms with E-state index in [-0.39, 0.29) is 4.21 Å². The molecule has 1 aromatic heterocycles. The first-order valence-electron chi connectivity index (χ1n) is 7.43. The molecule has 0 saturated heterocycles. The summed E-state index contributed by atoms with van der Waals surface area (Å²) in [6.45, 7) is 4.74. The SMILES string of the molecule is COCCN(CCOC)CCN1C=Cc2cc(S(N)(=O)=O)sc2S1. The molecule has 7 nitrogen and oxygen atoms in total. The van der Waals surface area contributed by atoms with Crippen LogP contribution in [0.15, 0.2) is 20.7 Å². The Labute approximate surface area is 151 Å². The van der Waals surface area contributed by atoms with Crippen LogP contribution < -0.4 is 5.14 Å². The number of thiophene rings is 1. The minimum Gasteiger partial charge on any atom is -0.383 e. The van der Waals surface area contributed by atoms with Gasteiger partial charge in [0.2, 0.25) is 10.0 Å². The number of primary sulfonamides is 1. The second-order valence-electron chi connectivity index (χ2n) is 5.23. The monoisotopic (exact) mass is 393 g/mol. The Bertz CT molecular complexity index is 652. The summed E-state index contributed by atoms with van der Waals surface area (Å²) >= 11 is 2.75. The summed E-state index contributed by atoms with van der Waals surface area (Å²) in [4.78, 5) is 2.28. The maximum Gasteiger partial charge on any atom is 0.247 e. The van der Waals surface area contributed by atoms with Crippen molar-refractivity contribution in [1.82, 2.24) is 9.21 Å². The molecule has 2 N–H and O–H groups in total. The maximum absolute atomic E-state index is 11.5. The zero-order valence-corrected chi connectivity index (χ0v) is 16.3. The number of nitrogens with zero attached hydrogens (tertiary/aromatic N) is 2. The van der Waals surface area contributed by atoms with Gasteiger partial charge >= 0.3 is 0 Å². The molecule has 136 valence electrons. The molecular weight excluding hydrogens is 370 g/mol. The van der Waals surface area contributed by atoms with Crippen molar-refractivity contribution in [1.29, 1.82) is 0 Å². The molecule has 2 heterocycles. The topological polar surface area (TPSA) is 85.1 Å². The Balaban J connectivity index is 1.91. The number of hydrogen-bond acceptors (Lipinski definition) is 8. The number of hydrogen-bond donors (Lipinski definition) is 1. The number of ether oxygens (including phenoxy) is 2. The Morgan fingerprint density at radius 1 is 1.21 bits per heavy atom. The molecular formula is C14H23N3O4S3. The van der Waals surface area contributed by atoms with Crippen molar-refractivity contribution in [2.45, 2.75) is 8.42 Å². The lowest BCUT2D eigenvalue weighted by molar-refractivity contribution is 0.113. The van der Waals surface area contributed by atoms with Gasteiger partial charge in [-0.3, -0.25) is 4.90 Å². The highest BCUT2D eigenvalue weighted by molar-refractivity contribution is 7.99. The van der Waals surface area contributed by atoms with E-state index in [9.17, 15) is 8.42 Å². The van der Waals surface area contributed by atoms with E-state index in [2.05, 4.69) is 9.21 Å². The van der Waals surface area contributed by atoms with Crippen molar-refractivity contribution in [2.24, 2.45) is 5.14 Å². The van der Waals surface area contributed by atoms with Gasteiger partial charge in [0.1, 0.15) is 4.21 Å². The van der Waals surface area contributed by atoms with Gasteiger partial charge in [-0.15, -0.1) is 11.3 Å². The van der Waals surface area contributed by atoms with E-state index in [1.165, 1.54) is 23.3 Å². The second-order valence-corrected chi connectivity index (χ2v) is 9.39. The summed E-state index contributed by atoms with van der Waals surface area (Å²) in [5.41, 5.74) is 0.904. The van der Waals surface area contributed by atoms with E-state index in [0.29, 0.717) is 13.2 Å². The minimum absolute atomic E-state index is 0.202. The highest BCUT2D eigenvalue weighted by Gasteiger charge is 2.20. The fraction of sp³-hybridized carbons (Fsp3) is 0.571. The van der Waals surface area contributed by atoms with E-state index in [0.717, 1.165) is 36.0 Å². The summed E-state index contributed by atoms with van der Waals surface area (Å²) in [7, 11) is -0.257. The number of fused-ring (bicyclic) bond motifs is 1. The van der Waals surface area contributed by atoms with Crippen LogP contribution in [0.2, 0.25) is 0 Å². The lowest BCUT2D eigenvalue weighted by atomic mass is 10.3. The van der Waals surface area contributed by atoms with Gasteiger partial charge < -0.3 is 13.8 Å². The molecule has 1 aliphatic heterocycles. The van der Waals surface area contributed by atoms with Crippen molar-refractivity contribution in [3.05, 3.63) is 17.8 Å². The average molecular weight is 394 g/mol. The zero-order chi connectivity index (χ0) is 17.6. The molecule has 24 heavy (non-hydrogen) atoms.